The summed E-state index contributed by atoms with van der Waals surface area (Å²) in [5.74, 6) is -2.47. The van der Waals surface area contributed by atoms with E-state index in [4.69, 9.17) is 14.2 Å². The van der Waals surface area contributed by atoms with E-state index in [0.29, 0.717) is 19.4 Å². The summed E-state index contributed by atoms with van der Waals surface area (Å²) in [4.78, 5) is 80.4. The first-order chi connectivity index (χ1) is 26.2. The second-order valence-electron chi connectivity index (χ2n) is 16.7. The van der Waals surface area contributed by atoms with Crippen molar-refractivity contribution in [3.8, 4) is 0 Å². The van der Waals surface area contributed by atoms with Crippen LogP contribution < -0.4 is 26.6 Å². The van der Waals surface area contributed by atoms with E-state index in [0.717, 1.165) is 16.7 Å². The van der Waals surface area contributed by atoms with Gasteiger partial charge in [0.25, 0.3) is 0 Å². The molecule has 5 amide bonds. The number of methoxy groups -OCH3 is 1. The highest BCUT2D eigenvalue weighted by Gasteiger charge is 2.47. The fourth-order valence-corrected chi connectivity index (χ4v) is 6.39. The van der Waals surface area contributed by atoms with Crippen LogP contribution in [-0.4, -0.2) is 84.4 Å². The number of unbranched alkanes of at least 4 members (excludes halogenated alkanes) is 1. The lowest BCUT2D eigenvalue weighted by Crippen LogP contribution is -2.64. The molecular weight excluding hydrogens is 718 g/mol. The van der Waals surface area contributed by atoms with Gasteiger partial charge in [0.2, 0.25) is 17.7 Å². The number of amides is 5. The van der Waals surface area contributed by atoms with Crippen molar-refractivity contribution >= 4 is 35.9 Å². The summed E-state index contributed by atoms with van der Waals surface area (Å²) in [7, 11) is 1.23. The van der Waals surface area contributed by atoms with Gasteiger partial charge in [0.1, 0.15) is 34.9 Å². The first-order valence-electron chi connectivity index (χ1n) is 19.3. The molecular formula is C42H61N5O9. The Morgan fingerprint density at radius 3 is 1.79 bits per heavy atom. The maximum atomic E-state index is 14.4. The number of alkyl carbamates (subject to hydrolysis) is 2. The number of hydrogen-bond acceptors (Lipinski definition) is 9. The fraction of sp³-hybridized carbons (Fsp3) is 0.571. The van der Waals surface area contributed by atoms with E-state index in [1.807, 2.05) is 68.4 Å². The molecule has 2 aromatic rings. The number of carbonyl (C=O) groups is 6. The normalized spacial score (nSPS) is 15.0. The van der Waals surface area contributed by atoms with Crippen molar-refractivity contribution < 1.29 is 43.0 Å². The molecule has 1 aliphatic rings. The number of hydrogen-bond donors (Lipinski definition) is 5. The summed E-state index contributed by atoms with van der Waals surface area (Å²) in [6, 6.07) is 13.4. The van der Waals surface area contributed by atoms with E-state index in [9.17, 15) is 28.8 Å². The Labute approximate surface area is 330 Å². The lowest BCUT2D eigenvalue weighted by molar-refractivity contribution is -0.145. The van der Waals surface area contributed by atoms with Crippen LogP contribution >= 0.6 is 0 Å². The molecule has 0 aliphatic heterocycles. The van der Waals surface area contributed by atoms with Gasteiger partial charge in [-0.3, -0.25) is 14.4 Å². The second-order valence-corrected chi connectivity index (χ2v) is 16.7. The van der Waals surface area contributed by atoms with Gasteiger partial charge in [0, 0.05) is 25.8 Å². The zero-order chi connectivity index (χ0) is 41.7. The molecule has 0 spiro atoms. The number of nitrogens with one attached hydrogen (secondary N) is 5. The molecule has 3 rings (SSSR count). The van der Waals surface area contributed by atoms with Gasteiger partial charge in [-0.15, -0.1) is 0 Å². The third-order valence-electron chi connectivity index (χ3n) is 8.91. The van der Waals surface area contributed by atoms with Gasteiger partial charge in [0.15, 0.2) is 0 Å². The number of esters is 1. The second kappa shape index (κ2) is 20.1. The van der Waals surface area contributed by atoms with Gasteiger partial charge >= 0.3 is 18.2 Å². The molecule has 1 aliphatic carbocycles. The molecule has 0 fully saturated rings. The number of rotatable bonds is 17. The van der Waals surface area contributed by atoms with Gasteiger partial charge in [0.05, 0.1) is 7.11 Å². The Morgan fingerprint density at radius 1 is 0.696 bits per heavy atom. The van der Waals surface area contributed by atoms with Crippen molar-refractivity contribution in [1.29, 1.82) is 0 Å². The average molecular weight is 780 g/mol. The topological polar surface area (TPSA) is 190 Å². The minimum absolute atomic E-state index is 0.0398. The van der Waals surface area contributed by atoms with E-state index >= 15 is 0 Å². The van der Waals surface area contributed by atoms with Crippen LogP contribution in [0.5, 0.6) is 0 Å². The van der Waals surface area contributed by atoms with Crippen molar-refractivity contribution in [3.63, 3.8) is 0 Å². The highest BCUT2D eigenvalue weighted by atomic mass is 16.6. The predicted molar refractivity (Wildman–Crippen MR) is 211 cm³/mol. The molecule has 5 N–H and O–H groups in total. The molecule has 308 valence electrons. The fourth-order valence-electron chi connectivity index (χ4n) is 6.39. The van der Waals surface area contributed by atoms with Crippen molar-refractivity contribution in [2.24, 2.45) is 5.92 Å². The first kappa shape index (κ1) is 45.3. The summed E-state index contributed by atoms with van der Waals surface area (Å²) in [5.41, 5.74) is -0.379. The molecule has 0 bridgehead atoms. The maximum Gasteiger partial charge on any atom is 0.408 e. The quantitative estimate of drug-likeness (QED) is 0.0864. The van der Waals surface area contributed by atoms with E-state index in [1.165, 1.54) is 7.11 Å². The van der Waals surface area contributed by atoms with Crippen LogP contribution in [0, 0.1) is 5.92 Å². The minimum atomic E-state index is -1.45. The Hall–Kier alpha value is -5.14. The van der Waals surface area contributed by atoms with Gasteiger partial charge in [-0.25, -0.2) is 14.4 Å². The van der Waals surface area contributed by atoms with Crippen LogP contribution in [0.1, 0.15) is 97.8 Å². The average Bonchev–Trinajstić information content (AvgIpc) is 3.47. The van der Waals surface area contributed by atoms with Gasteiger partial charge in [-0.2, -0.15) is 0 Å². The summed E-state index contributed by atoms with van der Waals surface area (Å²) in [5, 5.41) is 14.0. The zero-order valence-electron chi connectivity index (χ0n) is 34.3. The largest absolute Gasteiger partial charge is 0.467 e. The highest BCUT2D eigenvalue weighted by Crippen LogP contribution is 2.31. The zero-order valence-corrected chi connectivity index (χ0v) is 34.3. The monoisotopic (exact) mass is 779 g/mol. The number of benzene rings is 2. The van der Waals surface area contributed by atoms with E-state index in [1.54, 1.807) is 41.5 Å². The smallest absolute Gasteiger partial charge is 0.408 e. The third-order valence-corrected chi connectivity index (χ3v) is 8.91. The standard InChI is InChI=1S/C42H61N5O9/c1-27(2)23-32(34(48)44-31(36(50)54-9)21-15-16-22-43-38(52)55-40(3,4)5)45-35(49)33(24-28-17-11-10-12-18-28)46-37(51)42(47-39(53)56-41(6,7)8)25-29-19-13-14-20-30(29)26-42/h10-14,17-20,27,31-33H,15-16,21-26H2,1-9H3,(H,43,52)(H,44,48)(H,45,49)(H,46,51)(H,47,53)/t31-,32?,33-/m1/s1. The Bertz CT molecular complexity index is 1640. The Kier molecular flexibility index (Phi) is 16.3. The lowest BCUT2D eigenvalue weighted by Gasteiger charge is -2.32. The van der Waals surface area contributed by atoms with Crippen molar-refractivity contribution in [1.82, 2.24) is 26.6 Å². The highest BCUT2D eigenvalue weighted by molar-refractivity contribution is 5.97. The van der Waals surface area contributed by atoms with Crippen LogP contribution in [0.3, 0.4) is 0 Å². The molecule has 0 radical (unpaired) electrons. The molecule has 0 heterocycles. The van der Waals surface area contributed by atoms with Gasteiger partial charge in [-0.05, 0) is 89.8 Å². The molecule has 0 saturated carbocycles. The molecule has 0 saturated heterocycles. The molecule has 14 nitrogen and oxygen atoms in total. The van der Waals surface area contributed by atoms with E-state index in [-0.39, 0.29) is 38.0 Å². The van der Waals surface area contributed by atoms with Gasteiger partial charge < -0.3 is 40.8 Å². The third kappa shape index (κ3) is 14.8. The van der Waals surface area contributed by atoms with Crippen LogP contribution in [-0.2, 0) is 52.7 Å². The molecule has 56 heavy (non-hydrogen) atoms. The summed E-state index contributed by atoms with van der Waals surface area (Å²) in [6.07, 6.45) is 0.554. The van der Waals surface area contributed by atoms with Crippen LogP contribution in [0.4, 0.5) is 9.59 Å². The summed E-state index contributed by atoms with van der Waals surface area (Å²) < 4.78 is 15.8. The van der Waals surface area contributed by atoms with Crippen molar-refractivity contribution in [2.75, 3.05) is 13.7 Å². The molecule has 3 atom stereocenters. The predicted octanol–water partition coefficient (Wildman–Crippen LogP) is 4.66. The summed E-state index contributed by atoms with van der Waals surface area (Å²) >= 11 is 0. The molecule has 1 unspecified atom stereocenters. The van der Waals surface area contributed by atoms with Crippen molar-refractivity contribution in [3.05, 3.63) is 71.3 Å². The van der Waals surface area contributed by atoms with Crippen molar-refractivity contribution in [2.45, 2.75) is 135 Å². The molecule has 14 heteroatoms. The first-order valence-corrected chi connectivity index (χ1v) is 19.3. The summed E-state index contributed by atoms with van der Waals surface area (Å²) in [6.45, 7) is 14.6. The SMILES string of the molecule is COC(=O)[C@@H](CCCCNC(=O)OC(C)(C)C)NC(=O)C(CC(C)C)NC(=O)[C@@H](Cc1ccccc1)NC(=O)C1(NC(=O)OC(C)(C)C)Cc2ccccc2C1. The van der Waals surface area contributed by atoms with E-state index < -0.39 is 70.7 Å². The minimum Gasteiger partial charge on any atom is -0.467 e. The maximum absolute atomic E-state index is 14.4. The Morgan fingerprint density at radius 2 is 1.23 bits per heavy atom. The van der Waals surface area contributed by atoms with Gasteiger partial charge in [-0.1, -0.05) is 68.4 Å². The number of fused-ring (bicyclic) bond motifs is 1. The number of ether oxygens (including phenoxy) is 3. The Balaban J connectivity index is 1.81. The molecule has 0 aromatic heterocycles. The van der Waals surface area contributed by atoms with E-state index in [2.05, 4.69) is 26.6 Å². The van der Waals surface area contributed by atoms with Crippen LogP contribution in [0.2, 0.25) is 0 Å². The van der Waals surface area contributed by atoms with Crippen LogP contribution in [0.15, 0.2) is 54.6 Å². The lowest BCUT2D eigenvalue weighted by atomic mass is 9.93. The number of carbonyl (C=O) groups excluding carboxylic acids is 6. The molecule has 2 aromatic carbocycles. The van der Waals surface area contributed by atoms with Crippen LogP contribution in [0.25, 0.3) is 0 Å².